The first-order valence-electron chi connectivity index (χ1n) is 14.2. The van der Waals surface area contributed by atoms with Crippen LogP contribution in [0, 0.1) is 0 Å². The quantitative estimate of drug-likeness (QED) is 0.282. The number of hydrogen-bond donors (Lipinski definition) is 2. The number of anilines is 2. The number of aromatic nitrogens is 4. The van der Waals surface area contributed by atoms with Crippen LogP contribution in [0.4, 0.5) is 11.8 Å². The average molecular weight is 592 g/mol. The first-order valence-corrected chi connectivity index (χ1v) is 15.7. The third-order valence-corrected chi connectivity index (χ3v) is 10.2. The number of ether oxygens (including phenoxy) is 1. The molecular formula is C30H34ClN7O2S. The second kappa shape index (κ2) is 10.0. The molecule has 0 radical (unpaired) electrons. The molecule has 214 valence electrons. The molecule has 1 aliphatic carbocycles. The Morgan fingerprint density at radius 2 is 1.83 bits per heavy atom. The van der Waals surface area contributed by atoms with E-state index in [1.807, 2.05) is 61.8 Å². The molecule has 3 aromatic heterocycles. The SMILES string of the molecule is CC(C)(C)[S@@+]([O-])N[C@@H]1c2ccccc2OC12CCN(c1ncc(-c3ccnc(NC4CC4)c3Cl)c3nccn13)CC2. The zero-order chi connectivity index (χ0) is 28.4. The third kappa shape index (κ3) is 4.80. The Morgan fingerprint density at radius 3 is 2.59 bits per heavy atom. The van der Waals surface area contributed by atoms with E-state index in [1.54, 1.807) is 12.4 Å². The number of halogens is 1. The molecule has 9 nitrogen and oxygen atoms in total. The maximum atomic E-state index is 13.2. The first-order chi connectivity index (χ1) is 19.7. The minimum absolute atomic E-state index is 0.156. The van der Waals surface area contributed by atoms with Crippen LogP contribution < -0.4 is 19.7 Å². The minimum Gasteiger partial charge on any atom is -0.598 e. The highest BCUT2D eigenvalue weighted by molar-refractivity contribution is 7.90. The van der Waals surface area contributed by atoms with Gasteiger partial charge in [-0.3, -0.25) is 4.40 Å². The number of piperidine rings is 1. The normalized spacial score (nSPS) is 20.7. The highest BCUT2D eigenvalue weighted by Gasteiger charge is 2.53. The number of para-hydroxylation sites is 1. The lowest BCUT2D eigenvalue weighted by molar-refractivity contribution is 0.0377. The number of pyridine rings is 1. The lowest BCUT2D eigenvalue weighted by atomic mass is 9.83. The molecule has 41 heavy (non-hydrogen) atoms. The van der Waals surface area contributed by atoms with Crippen LogP contribution >= 0.6 is 11.6 Å². The Hall–Kier alpha value is -3.05. The van der Waals surface area contributed by atoms with Gasteiger partial charge in [-0.2, -0.15) is 0 Å². The van der Waals surface area contributed by atoms with E-state index >= 15 is 0 Å². The van der Waals surface area contributed by atoms with Crippen molar-refractivity contribution in [1.82, 2.24) is 24.1 Å². The topological polar surface area (TPSA) is 103 Å². The van der Waals surface area contributed by atoms with Crippen molar-refractivity contribution in [3.05, 3.63) is 65.7 Å². The highest BCUT2D eigenvalue weighted by Crippen LogP contribution is 2.49. The fraction of sp³-hybridized carbons (Fsp3) is 0.433. The molecule has 11 heteroatoms. The molecule has 0 bridgehead atoms. The van der Waals surface area contributed by atoms with Crippen LogP contribution in [-0.4, -0.2) is 53.4 Å². The van der Waals surface area contributed by atoms with Crippen LogP contribution in [0.2, 0.25) is 5.02 Å². The van der Waals surface area contributed by atoms with E-state index in [4.69, 9.17) is 21.3 Å². The molecule has 2 aliphatic heterocycles. The van der Waals surface area contributed by atoms with Crippen LogP contribution in [0.1, 0.15) is 58.1 Å². The van der Waals surface area contributed by atoms with Crippen molar-refractivity contribution in [2.45, 2.75) is 68.9 Å². The molecule has 2 atom stereocenters. The van der Waals surface area contributed by atoms with Crippen LogP contribution in [0.3, 0.4) is 0 Å². The van der Waals surface area contributed by atoms with Crippen molar-refractivity contribution in [3.8, 4) is 16.9 Å². The molecule has 3 aliphatic rings. The van der Waals surface area contributed by atoms with E-state index in [0.717, 1.165) is 72.8 Å². The predicted molar refractivity (Wildman–Crippen MR) is 163 cm³/mol. The minimum atomic E-state index is -1.23. The Labute approximate surface area is 248 Å². The summed E-state index contributed by atoms with van der Waals surface area (Å²) < 4.78 is 25.0. The van der Waals surface area contributed by atoms with Crippen molar-refractivity contribution >= 4 is 40.4 Å². The monoisotopic (exact) mass is 591 g/mol. The van der Waals surface area contributed by atoms with Gasteiger partial charge in [0.05, 0.1) is 5.02 Å². The standard InChI is InChI=1S/C30H34ClN7O2S/c1-29(2,3)41(39)36-25-21-6-4-5-7-23(21)40-30(25)11-15-37(16-12-30)28-34-18-22(27-33-14-17-38(27)28)20-10-13-32-26(24(20)31)35-19-8-9-19/h4-7,10,13-14,17-19,25,36H,8-9,11-12,15-16H2,1-3H3,(H,32,35)/t25-,41-/m1/s1. The number of imidazole rings is 1. The number of rotatable bonds is 6. The van der Waals surface area contributed by atoms with Crippen molar-refractivity contribution < 1.29 is 9.29 Å². The van der Waals surface area contributed by atoms with Gasteiger partial charge in [0.15, 0.2) is 0 Å². The zero-order valence-corrected chi connectivity index (χ0v) is 25.0. The largest absolute Gasteiger partial charge is 0.598 e. The van der Waals surface area contributed by atoms with Gasteiger partial charge in [-0.1, -0.05) is 29.8 Å². The summed E-state index contributed by atoms with van der Waals surface area (Å²) in [6, 6.07) is 10.3. The molecule has 1 spiro atoms. The molecule has 2 fully saturated rings. The predicted octanol–water partition coefficient (Wildman–Crippen LogP) is 5.54. The molecular weight excluding hydrogens is 558 g/mol. The lowest BCUT2D eigenvalue weighted by Crippen LogP contribution is -2.55. The number of fused-ring (bicyclic) bond motifs is 2. The maximum Gasteiger partial charge on any atom is 0.211 e. The fourth-order valence-corrected chi connectivity index (χ4v) is 6.99. The van der Waals surface area contributed by atoms with E-state index in [1.165, 1.54) is 0 Å². The number of nitrogens with one attached hydrogen (secondary N) is 2. The average Bonchev–Trinajstić information content (AvgIpc) is 3.54. The smallest absolute Gasteiger partial charge is 0.211 e. The summed E-state index contributed by atoms with van der Waals surface area (Å²) in [7, 11) is 0. The molecule has 2 N–H and O–H groups in total. The van der Waals surface area contributed by atoms with E-state index in [0.29, 0.717) is 16.9 Å². The van der Waals surface area contributed by atoms with Crippen LogP contribution in [0.15, 0.2) is 55.1 Å². The van der Waals surface area contributed by atoms with Gasteiger partial charge in [-0.25, -0.2) is 15.0 Å². The molecule has 0 unspecified atom stereocenters. The van der Waals surface area contributed by atoms with Gasteiger partial charge < -0.3 is 19.5 Å². The second-order valence-corrected chi connectivity index (χ2v) is 14.5. The van der Waals surface area contributed by atoms with Gasteiger partial charge >= 0.3 is 0 Å². The molecule has 1 aromatic carbocycles. The van der Waals surface area contributed by atoms with E-state index in [9.17, 15) is 4.55 Å². The van der Waals surface area contributed by atoms with Gasteiger partial charge in [0.1, 0.15) is 33.6 Å². The summed E-state index contributed by atoms with van der Waals surface area (Å²) >= 11 is 5.58. The van der Waals surface area contributed by atoms with Crippen molar-refractivity contribution in [2.75, 3.05) is 23.3 Å². The number of hydrogen-bond acceptors (Lipinski definition) is 8. The fourth-order valence-electron chi connectivity index (χ4n) is 5.81. The Bertz CT molecular complexity index is 1590. The molecule has 1 saturated heterocycles. The Balaban J connectivity index is 1.16. The number of nitrogens with zero attached hydrogens (tertiary/aromatic N) is 5. The summed E-state index contributed by atoms with van der Waals surface area (Å²) in [4.78, 5) is 16.3. The van der Waals surface area contributed by atoms with Gasteiger partial charge in [0.2, 0.25) is 5.95 Å². The maximum absolute atomic E-state index is 13.2. The second-order valence-electron chi connectivity index (χ2n) is 12.2. The van der Waals surface area contributed by atoms with E-state index in [-0.39, 0.29) is 10.8 Å². The molecule has 0 amide bonds. The van der Waals surface area contributed by atoms with Crippen molar-refractivity contribution in [2.24, 2.45) is 0 Å². The van der Waals surface area contributed by atoms with Gasteiger partial charge in [-0.05, 0) is 45.7 Å². The molecule has 1 saturated carbocycles. The summed E-state index contributed by atoms with van der Waals surface area (Å²) in [6.07, 6.45) is 11.2. The summed E-state index contributed by atoms with van der Waals surface area (Å²) in [5, 5.41) is 4.00. The first kappa shape index (κ1) is 26.8. The molecule has 5 heterocycles. The lowest BCUT2D eigenvalue weighted by Gasteiger charge is -2.42. The van der Waals surface area contributed by atoms with Crippen molar-refractivity contribution in [3.63, 3.8) is 0 Å². The summed E-state index contributed by atoms with van der Waals surface area (Å²) in [6.45, 7) is 7.44. The van der Waals surface area contributed by atoms with Gasteiger partial charge in [0.25, 0.3) is 0 Å². The summed E-state index contributed by atoms with van der Waals surface area (Å²) in [5.41, 5.74) is 3.11. The highest BCUT2D eigenvalue weighted by atomic mass is 35.5. The van der Waals surface area contributed by atoms with Gasteiger partial charge in [0, 0.05) is 84.8 Å². The van der Waals surface area contributed by atoms with E-state index in [2.05, 4.69) is 31.0 Å². The van der Waals surface area contributed by atoms with Crippen LogP contribution in [0.5, 0.6) is 5.75 Å². The van der Waals surface area contributed by atoms with Crippen molar-refractivity contribution in [1.29, 1.82) is 0 Å². The van der Waals surface area contributed by atoms with Crippen LogP contribution in [0.25, 0.3) is 16.8 Å². The zero-order valence-electron chi connectivity index (χ0n) is 23.4. The Kier molecular flexibility index (Phi) is 6.57. The number of benzene rings is 1. The van der Waals surface area contributed by atoms with Crippen LogP contribution in [-0.2, 0) is 11.4 Å². The van der Waals surface area contributed by atoms with Gasteiger partial charge in [-0.15, -0.1) is 4.72 Å². The molecule has 7 rings (SSSR count). The Morgan fingerprint density at radius 1 is 1.05 bits per heavy atom. The summed E-state index contributed by atoms with van der Waals surface area (Å²) in [5.74, 6) is 2.40. The molecule has 4 aromatic rings. The third-order valence-electron chi connectivity index (χ3n) is 8.25. The van der Waals surface area contributed by atoms with E-state index < -0.39 is 17.0 Å².